The molecule has 4 rings (SSSR count). The van der Waals surface area contributed by atoms with Crippen LogP contribution >= 0.6 is 0 Å². The van der Waals surface area contributed by atoms with Crippen LogP contribution in [0.1, 0.15) is 384 Å². The Morgan fingerprint density at radius 1 is 0.390 bits per heavy atom. The average molecular weight is 1840 g/mol. The summed E-state index contributed by atoms with van der Waals surface area (Å²) in [6.07, 6.45) is 45.2. The molecule has 9 nitrogen and oxygen atoms in total. The van der Waals surface area contributed by atoms with Gasteiger partial charge in [-0.3, -0.25) is 9.59 Å². The maximum atomic E-state index is 10.7. The van der Waals surface area contributed by atoms with E-state index in [2.05, 4.69) is 94.1 Å². The zero-order valence-electron chi connectivity index (χ0n) is 71.7. The average Bonchev–Trinajstić information content (AvgIpc) is 2.22. The van der Waals surface area contributed by atoms with Crippen LogP contribution in [-0.4, -0.2) is 80.0 Å². The Hall–Kier alpha value is 0.866. The first kappa shape index (κ1) is 184. The minimum Gasteiger partial charge on any atom is -1.00 e. The van der Waals surface area contributed by atoms with E-state index in [1.54, 1.807) is 13.0 Å². The number of carbonyl (C=O) groups is 2. The number of allylic oxidation sites excluding steroid dienone is 8. The number of nitrogens with one attached hydrogen (secondary N) is 2. The van der Waals surface area contributed by atoms with E-state index in [9.17, 15) is 9.59 Å². The molecular weight excluding hydrogens is 1650 g/mol. The predicted octanol–water partition coefficient (Wildman–Crippen LogP) is 25.0. The molecule has 0 bridgehead atoms. The number of amides is 2. The molecule has 4 aliphatic carbocycles. The number of aliphatic hydroxyl groups is 1. The Balaban J connectivity index is -0.0000000227. The van der Waals surface area contributed by atoms with Crippen LogP contribution in [-0.2, 0) is 145 Å². The van der Waals surface area contributed by atoms with Crippen molar-refractivity contribution in [1.29, 1.82) is 10.5 Å². The van der Waals surface area contributed by atoms with Crippen molar-refractivity contribution in [3.8, 4) is 12.1 Å². The van der Waals surface area contributed by atoms with E-state index >= 15 is 0 Å². The molecular formula is C86H186IN5O4Y4-8. The summed E-state index contributed by atoms with van der Waals surface area (Å²) < 4.78 is 6.12. The van der Waals surface area contributed by atoms with Crippen molar-refractivity contribution in [3.63, 3.8) is 0 Å². The summed E-state index contributed by atoms with van der Waals surface area (Å²) in [5.74, 6) is -0.545. The van der Waals surface area contributed by atoms with Gasteiger partial charge in [0.05, 0.1) is 53.0 Å². The zero-order chi connectivity index (χ0) is 77.6. The van der Waals surface area contributed by atoms with Gasteiger partial charge < -0.3 is 150 Å². The number of ether oxygens (including phenoxy) is 1. The first-order valence-corrected chi connectivity index (χ1v) is 36.7. The van der Waals surface area contributed by atoms with E-state index in [0.717, 1.165) is 4.48 Å². The Kier molecular flexibility index (Phi) is 415. The van der Waals surface area contributed by atoms with Gasteiger partial charge in [0.1, 0.15) is 11.1 Å². The first-order valence-electron chi connectivity index (χ1n) is 36.7. The molecule has 2 unspecified atom stereocenters. The van der Waals surface area contributed by atoms with Crippen LogP contribution in [0.25, 0.3) is 0 Å². The SMILES string of the molecule is C.C.C.C1CCCC1.C1CCCC1.C1CCCC1.C1CCCC1.CC.CC.CC.CC.CC.CC.CC.CC.CC(=O)NC(C)(C#N)CO.CCC.CCC.CCC.CCC.CCOCC(C)(C#N)NC(C)=O.CC[N+](C)(C)C.[CH-]=CC=[CH-].[CH-]=CC=[CH-].[CH-]=CC=[CH-].[CH-]=CC=[CH-].[I-].[Y].[Y].[Y].[Y]. The van der Waals surface area contributed by atoms with Gasteiger partial charge >= 0.3 is 0 Å². The van der Waals surface area contributed by atoms with Gasteiger partial charge in [-0.2, -0.15) is 10.5 Å². The number of halogens is 1. The molecule has 4 saturated carbocycles. The molecule has 0 aromatic heterocycles. The maximum Gasteiger partial charge on any atom is 0.218 e. The smallest absolute Gasteiger partial charge is 0.218 e. The topological polar surface area (TPSA) is 135 Å². The molecule has 4 aliphatic rings. The number of rotatable bonds is 11. The van der Waals surface area contributed by atoms with E-state index in [1.807, 2.05) is 124 Å². The van der Waals surface area contributed by atoms with Crippen LogP contribution in [0.2, 0.25) is 0 Å². The molecule has 606 valence electrons. The van der Waals surface area contributed by atoms with Crippen molar-refractivity contribution in [2.24, 2.45) is 0 Å². The Morgan fingerprint density at radius 3 is 0.570 bits per heavy atom. The van der Waals surface area contributed by atoms with Gasteiger partial charge in [-0.25, -0.2) is 0 Å². The fraction of sp³-hybridized carbons (Fsp3) is 0.767. The van der Waals surface area contributed by atoms with E-state index < -0.39 is 11.1 Å². The quantitative estimate of drug-likeness (QED) is 0.0816. The van der Waals surface area contributed by atoms with E-state index in [1.165, 1.54) is 230 Å². The van der Waals surface area contributed by atoms with Crippen molar-refractivity contribution in [3.05, 3.63) is 101 Å². The molecule has 0 spiro atoms. The normalized spacial score (nSPS) is 10.8. The molecule has 0 aliphatic heterocycles. The van der Waals surface area contributed by atoms with Gasteiger partial charge in [0.25, 0.3) is 0 Å². The van der Waals surface area contributed by atoms with Crippen molar-refractivity contribution < 1.29 is 179 Å². The summed E-state index contributed by atoms with van der Waals surface area (Å²) in [4.78, 5) is 21.1. The van der Waals surface area contributed by atoms with Crippen molar-refractivity contribution in [1.82, 2.24) is 10.6 Å². The van der Waals surface area contributed by atoms with Crippen LogP contribution in [0.3, 0.4) is 0 Å². The summed E-state index contributed by atoms with van der Waals surface area (Å²) >= 11 is 0. The molecule has 14 heteroatoms. The number of nitrogens with zero attached hydrogens (tertiary/aromatic N) is 3. The number of hydrogen-bond acceptors (Lipinski definition) is 6. The Labute approximate surface area is 758 Å². The first-order chi connectivity index (χ1) is 44.0. The molecule has 3 N–H and O–H groups in total. The van der Waals surface area contributed by atoms with Gasteiger partial charge in [-0.05, 0) is 27.7 Å². The van der Waals surface area contributed by atoms with Crippen LogP contribution in [0.15, 0.2) is 48.6 Å². The molecule has 0 heterocycles. The van der Waals surface area contributed by atoms with Crippen molar-refractivity contribution in [2.75, 3.05) is 47.5 Å². The standard InChI is InChI=1S/C8H14N2O2.C6H10N2O2.C5H14N.4C5H10.4C4H4.4C3H8.8C2H6.3CH4.HI.4Y/c1-4-12-6-8(3,5-9)10-7(2)11;1-5(10)8-6(2,3-7)4-9;1-5-6(2,3)4;4*1-2-4-5-3-1;4*1-3-4-2;4*1-3-2;8*1-2;;;;;;;;/h4,6H2,1-3H3,(H,10,11);9H,4H2,1-2H3,(H,8,10);5H2,1-4H3;4*1-5H2;4*1-4H;4*3H2,1-2H3;8*1-2H3;3*1H4;1H;;;;/q;;+1;;;;;4*-2;;;;;;;;;;;;;;;;;;;;/p-1. The molecule has 0 aromatic rings. The minimum atomic E-state index is -1.13. The van der Waals surface area contributed by atoms with Gasteiger partial charge in [0, 0.05) is 151 Å². The number of aliphatic hydroxyl groups excluding tert-OH is 1. The molecule has 100 heavy (non-hydrogen) atoms. The Morgan fingerprint density at radius 2 is 0.510 bits per heavy atom. The van der Waals surface area contributed by atoms with E-state index in [0.29, 0.717) is 6.61 Å². The molecule has 2 amide bonds. The van der Waals surface area contributed by atoms with Crippen LogP contribution in [0.5, 0.6) is 0 Å². The second kappa shape index (κ2) is 225. The van der Waals surface area contributed by atoms with Crippen molar-refractivity contribution >= 4 is 11.8 Å². The summed E-state index contributed by atoms with van der Waals surface area (Å²) in [5, 5.41) is 30.5. The number of hydrogen-bond donors (Lipinski definition) is 3. The zero-order valence-corrected chi connectivity index (χ0v) is 85.2. The van der Waals surface area contributed by atoms with Gasteiger partial charge in [-0.15, -0.1) is 0 Å². The van der Waals surface area contributed by atoms with Crippen LogP contribution < -0.4 is 34.6 Å². The van der Waals surface area contributed by atoms with Gasteiger partial charge in [-0.1, -0.05) is 343 Å². The van der Waals surface area contributed by atoms with Crippen LogP contribution in [0.4, 0.5) is 0 Å². The summed E-state index contributed by atoms with van der Waals surface area (Å²) in [6, 6.07) is 3.77. The predicted molar refractivity (Wildman–Crippen MR) is 446 cm³/mol. The fourth-order valence-corrected chi connectivity index (χ4v) is 4.82. The Bertz CT molecular complexity index is 1150. The molecule has 4 radical (unpaired) electrons. The molecule has 0 saturated heterocycles. The summed E-state index contributed by atoms with van der Waals surface area (Å²) in [7, 11) is 6.54. The third-order valence-corrected chi connectivity index (χ3v) is 8.70. The largest absolute Gasteiger partial charge is 1.00 e. The van der Waals surface area contributed by atoms with Gasteiger partial charge in [0.2, 0.25) is 11.8 Å². The molecule has 4 fully saturated rings. The monoisotopic (exact) mass is 1840 g/mol. The second-order valence-corrected chi connectivity index (χ2v) is 19.1. The van der Waals surface area contributed by atoms with E-state index in [-0.39, 0.29) is 202 Å². The van der Waals surface area contributed by atoms with Gasteiger partial charge in [0.15, 0.2) is 0 Å². The number of carbonyl (C=O) groups excluding carboxylic acids is 2. The summed E-state index contributed by atoms with van der Waals surface area (Å²) in [5.41, 5.74) is -2.03. The number of nitriles is 2. The van der Waals surface area contributed by atoms with Crippen LogP contribution in [0, 0.1) is 75.3 Å². The molecule has 2 atom stereocenters. The second-order valence-electron chi connectivity index (χ2n) is 19.1. The van der Waals surface area contributed by atoms with Crippen molar-refractivity contribution in [2.45, 2.75) is 395 Å². The molecule has 0 aromatic carbocycles. The maximum absolute atomic E-state index is 10.7. The fourth-order valence-electron chi connectivity index (χ4n) is 4.82. The summed E-state index contributed by atoms with van der Waals surface area (Å²) in [6.45, 7) is 98.1. The third-order valence-electron chi connectivity index (χ3n) is 8.70. The number of quaternary nitrogens is 1. The third kappa shape index (κ3) is 352. The van der Waals surface area contributed by atoms with E-state index in [4.69, 9.17) is 73.0 Å². The minimum absolute atomic E-state index is 0.